The lowest BCUT2D eigenvalue weighted by Crippen LogP contribution is -2.29. The number of anilines is 2. The number of imidazole rings is 1. The fraction of sp³-hybridized carbons (Fsp3) is 0.481. The second kappa shape index (κ2) is 10.0. The van der Waals surface area contributed by atoms with Gasteiger partial charge in [-0.2, -0.15) is 0 Å². The van der Waals surface area contributed by atoms with Gasteiger partial charge in [0.05, 0.1) is 18.1 Å². The third kappa shape index (κ3) is 6.30. The van der Waals surface area contributed by atoms with Crippen LogP contribution in [0.3, 0.4) is 0 Å². The first-order valence-corrected chi connectivity index (χ1v) is 12.1. The third-order valence-corrected chi connectivity index (χ3v) is 6.67. The molecule has 1 heterocycles. The Hall–Kier alpha value is -3.23. The van der Waals surface area contributed by atoms with Crippen LogP contribution in [0.15, 0.2) is 42.5 Å². The van der Waals surface area contributed by atoms with Crippen molar-refractivity contribution < 1.29 is 27.4 Å². The number of hydrogen-bond donors (Lipinski definition) is 1. The van der Waals surface area contributed by atoms with E-state index in [1.165, 1.54) is 19.2 Å². The first-order valence-electron chi connectivity index (χ1n) is 12.1. The maximum absolute atomic E-state index is 12.5. The van der Waals surface area contributed by atoms with Crippen LogP contribution in [0.2, 0.25) is 0 Å². The van der Waals surface area contributed by atoms with Gasteiger partial charge in [-0.15, -0.1) is 13.2 Å². The molecule has 0 bridgehead atoms. The molecule has 0 spiro atoms. The van der Waals surface area contributed by atoms with Crippen molar-refractivity contribution in [2.45, 2.75) is 65.3 Å². The molecule has 0 aliphatic heterocycles. The summed E-state index contributed by atoms with van der Waals surface area (Å²) in [4.78, 5) is 16.5. The predicted octanol–water partition coefficient (Wildman–Crippen LogP) is 7.17. The quantitative estimate of drug-likeness (QED) is 0.346. The van der Waals surface area contributed by atoms with Crippen molar-refractivity contribution in [3.05, 3.63) is 48.0 Å². The molecule has 1 saturated carbocycles. The molecule has 1 N–H and O–H groups in total. The van der Waals surface area contributed by atoms with E-state index < -0.39 is 6.36 Å². The number of rotatable bonds is 7. The van der Waals surface area contributed by atoms with Crippen molar-refractivity contribution in [1.82, 2.24) is 9.55 Å². The van der Waals surface area contributed by atoms with Crippen LogP contribution in [0, 0.1) is 11.3 Å². The molecule has 194 valence electrons. The van der Waals surface area contributed by atoms with Gasteiger partial charge in [-0.25, -0.2) is 4.98 Å². The Balaban J connectivity index is 1.68. The topological polar surface area (TPSA) is 65.4 Å². The summed E-state index contributed by atoms with van der Waals surface area (Å²) in [5, 5.41) is 3.31. The van der Waals surface area contributed by atoms with Crippen LogP contribution in [0.4, 0.5) is 24.8 Å². The van der Waals surface area contributed by atoms with Gasteiger partial charge >= 0.3 is 12.3 Å². The van der Waals surface area contributed by atoms with Crippen molar-refractivity contribution >= 4 is 28.6 Å². The number of fused-ring (bicyclic) bond motifs is 1. The molecule has 0 unspecified atom stereocenters. The third-order valence-electron chi connectivity index (χ3n) is 6.67. The molecule has 6 nitrogen and oxygen atoms in total. The van der Waals surface area contributed by atoms with Gasteiger partial charge in [-0.1, -0.05) is 26.8 Å². The van der Waals surface area contributed by atoms with Crippen LogP contribution in [0.1, 0.15) is 58.1 Å². The van der Waals surface area contributed by atoms with E-state index in [9.17, 15) is 18.0 Å². The number of nitrogens with one attached hydrogen (secondary N) is 1. The van der Waals surface area contributed by atoms with Gasteiger partial charge in [-0.3, -0.25) is 4.79 Å². The van der Waals surface area contributed by atoms with Crippen molar-refractivity contribution in [3.63, 3.8) is 0 Å². The van der Waals surface area contributed by atoms with Crippen LogP contribution in [0.25, 0.3) is 11.0 Å². The number of benzene rings is 2. The molecular formula is C27H32F3N3O3. The lowest BCUT2D eigenvalue weighted by molar-refractivity contribution is -0.274. The van der Waals surface area contributed by atoms with Crippen LogP contribution >= 0.6 is 0 Å². The summed E-state index contributed by atoms with van der Waals surface area (Å²) in [6.45, 7) is 6.84. The number of ether oxygens (including phenoxy) is 2. The maximum atomic E-state index is 12.5. The number of methoxy groups -OCH3 is 1. The van der Waals surface area contributed by atoms with E-state index in [0.717, 1.165) is 35.9 Å². The molecule has 4 rings (SSSR count). The highest BCUT2D eigenvalue weighted by molar-refractivity contribution is 5.81. The summed E-state index contributed by atoms with van der Waals surface area (Å²) in [6, 6.07) is 11.9. The summed E-state index contributed by atoms with van der Waals surface area (Å²) in [5.74, 6) is 0.635. The lowest BCUT2D eigenvalue weighted by Gasteiger charge is -2.40. The fourth-order valence-corrected chi connectivity index (χ4v) is 5.47. The highest BCUT2D eigenvalue weighted by Gasteiger charge is 2.35. The largest absolute Gasteiger partial charge is 0.573 e. The number of aryl methyl sites for hydroxylation is 1. The minimum atomic E-state index is -4.74. The number of esters is 1. The normalized spacial score (nSPS) is 19.8. The zero-order valence-corrected chi connectivity index (χ0v) is 21.0. The minimum absolute atomic E-state index is 0.174. The number of nitrogens with zero attached hydrogens (tertiary/aromatic N) is 2. The van der Waals surface area contributed by atoms with E-state index in [-0.39, 0.29) is 29.6 Å². The van der Waals surface area contributed by atoms with E-state index in [0.29, 0.717) is 24.0 Å². The minimum Gasteiger partial charge on any atom is -0.469 e. The van der Waals surface area contributed by atoms with Gasteiger partial charge in [0.1, 0.15) is 5.75 Å². The van der Waals surface area contributed by atoms with Crippen LogP contribution < -0.4 is 10.1 Å². The van der Waals surface area contributed by atoms with Crippen molar-refractivity contribution in [2.75, 3.05) is 12.4 Å². The Morgan fingerprint density at radius 2 is 1.89 bits per heavy atom. The summed E-state index contributed by atoms with van der Waals surface area (Å²) >= 11 is 0. The first-order chi connectivity index (χ1) is 16.9. The summed E-state index contributed by atoms with van der Waals surface area (Å²) < 4.78 is 48.6. The van der Waals surface area contributed by atoms with Crippen LogP contribution in [0.5, 0.6) is 5.75 Å². The van der Waals surface area contributed by atoms with Crippen LogP contribution in [-0.4, -0.2) is 29.0 Å². The van der Waals surface area contributed by atoms with E-state index in [2.05, 4.69) is 35.4 Å². The number of aromatic nitrogens is 2. The number of hydrogen-bond acceptors (Lipinski definition) is 5. The van der Waals surface area contributed by atoms with Gasteiger partial charge in [0.15, 0.2) is 0 Å². The molecule has 2 aromatic carbocycles. The molecule has 1 fully saturated rings. The average Bonchev–Trinajstić information content (AvgIpc) is 3.13. The van der Waals surface area contributed by atoms with Gasteiger partial charge < -0.3 is 19.4 Å². The zero-order valence-electron chi connectivity index (χ0n) is 21.0. The second-order valence-corrected chi connectivity index (χ2v) is 10.5. The molecule has 1 aliphatic carbocycles. The highest BCUT2D eigenvalue weighted by atomic mass is 19.4. The van der Waals surface area contributed by atoms with Gasteiger partial charge in [0, 0.05) is 18.2 Å². The SMILES string of the molecule is COC(=O)CCc1ccc2c(c1)nc(Nc1ccc(OC(F)(F)F)cc1)n2[C@H]1C[C@H](C)CC(C)(C)C1. The van der Waals surface area contributed by atoms with Crippen molar-refractivity contribution in [2.24, 2.45) is 11.3 Å². The van der Waals surface area contributed by atoms with E-state index in [1.807, 2.05) is 18.2 Å². The molecule has 0 radical (unpaired) electrons. The summed E-state index contributed by atoms with van der Waals surface area (Å²) in [6.07, 6.45) is -0.761. The number of carbonyl (C=O) groups excluding carboxylic acids is 1. The van der Waals surface area contributed by atoms with Crippen LogP contribution in [-0.2, 0) is 16.0 Å². The van der Waals surface area contributed by atoms with Gasteiger partial charge in [0.25, 0.3) is 0 Å². The second-order valence-electron chi connectivity index (χ2n) is 10.5. The maximum Gasteiger partial charge on any atom is 0.573 e. The van der Waals surface area contributed by atoms with E-state index in [1.54, 1.807) is 12.1 Å². The van der Waals surface area contributed by atoms with Gasteiger partial charge in [-0.05, 0) is 79.0 Å². The number of alkyl halides is 3. The zero-order chi connectivity index (χ0) is 26.1. The Morgan fingerprint density at radius 1 is 1.17 bits per heavy atom. The highest BCUT2D eigenvalue weighted by Crippen LogP contribution is 2.46. The van der Waals surface area contributed by atoms with Gasteiger partial charge in [0.2, 0.25) is 5.95 Å². The fourth-order valence-electron chi connectivity index (χ4n) is 5.47. The Bertz CT molecular complexity index is 1220. The van der Waals surface area contributed by atoms with E-state index in [4.69, 9.17) is 9.72 Å². The Kier molecular flexibility index (Phi) is 7.20. The molecule has 1 aromatic heterocycles. The molecule has 3 aromatic rings. The Morgan fingerprint density at radius 3 is 2.53 bits per heavy atom. The first kappa shape index (κ1) is 25.9. The van der Waals surface area contributed by atoms with Crippen molar-refractivity contribution in [3.8, 4) is 5.75 Å². The predicted molar refractivity (Wildman–Crippen MR) is 132 cm³/mol. The van der Waals surface area contributed by atoms with Crippen molar-refractivity contribution in [1.29, 1.82) is 0 Å². The smallest absolute Gasteiger partial charge is 0.469 e. The number of halogens is 3. The van der Waals surface area contributed by atoms with E-state index >= 15 is 0 Å². The monoisotopic (exact) mass is 503 g/mol. The molecule has 9 heteroatoms. The number of carbonyl (C=O) groups is 1. The summed E-state index contributed by atoms with van der Waals surface area (Å²) in [7, 11) is 1.37. The standard InChI is InChI=1S/C27H32F3N3O3/c1-17-13-20(16-26(2,3)15-17)33-23-11-5-18(6-12-24(34)35-4)14-22(23)32-25(33)31-19-7-9-21(10-8-19)36-27(28,29)30/h5,7-11,14,17,20H,6,12-13,15-16H2,1-4H3,(H,31,32)/t17-,20-/m0/s1. The lowest BCUT2D eigenvalue weighted by atomic mass is 9.70. The molecular weight excluding hydrogens is 471 g/mol. The molecule has 0 saturated heterocycles. The Labute approximate surface area is 208 Å². The molecule has 0 amide bonds. The summed E-state index contributed by atoms with van der Waals surface area (Å²) in [5.41, 5.74) is 3.54. The molecule has 2 atom stereocenters. The molecule has 1 aliphatic rings. The average molecular weight is 504 g/mol. The molecule has 36 heavy (non-hydrogen) atoms.